The Hall–Kier alpha value is -1.58. The smallest absolute Gasteiger partial charge is 0.320 e. The lowest BCUT2D eigenvalue weighted by molar-refractivity contribution is -0.161. The topological polar surface area (TPSA) is 52.6 Å². The van der Waals surface area contributed by atoms with Crippen LogP contribution in [0.5, 0.6) is 0 Å². The van der Waals surface area contributed by atoms with Crippen molar-refractivity contribution in [1.82, 2.24) is 0 Å². The summed E-state index contributed by atoms with van der Waals surface area (Å²) < 4.78 is 10.0. The number of carbonyl (C=O) groups excluding carboxylic acids is 2. The number of hydrogen-bond acceptors (Lipinski definition) is 4. The van der Waals surface area contributed by atoms with Gasteiger partial charge in [-0.3, -0.25) is 9.59 Å². The molecule has 0 aliphatic carbocycles. The Morgan fingerprint density at radius 3 is 1.55 bits per heavy atom. The lowest BCUT2D eigenvalue weighted by Crippen LogP contribution is -2.28. The van der Waals surface area contributed by atoms with Gasteiger partial charge in [-0.1, -0.05) is 89.0 Å². The van der Waals surface area contributed by atoms with Crippen LogP contribution in [0.15, 0.2) is 24.3 Å². The highest BCUT2D eigenvalue weighted by Crippen LogP contribution is 2.16. The van der Waals surface area contributed by atoms with E-state index in [0.29, 0.717) is 19.6 Å². The molecule has 0 amide bonds. The van der Waals surface area contributed by atoms with Crippen LogP contribution in [-0.2, 0) is 19.1 Å². The SMILES string of the molecule is CCCCCC=CCC=CCCCCCCCCCCC(C(=O)OCC)C(=O)OCC. The lowest BCUT2D eigenvalue weighted by atomic mass is 10.00. The van der Waals surface area contributed by atoms with Crippen molar-refractivity contribution in [2.45, 2.75) is 117 Å². The average Bonchev–Trinajstić information content (AvgIpc) is 2.75. The lowest BCUT2D eigenvalue weighted by Gasteiger charge is -2.14. The highest BCUT2D eigenvalue weighted by atomic mass is 16.6. The molecule has 0 N–H and O–H groups in total. The summed E-state index contributed by atoms with van der Waals surface area (Å²) >= 11 is 0. The highest BCUT2D eigenvalue weighted by Gasteiger charge is 2.28. The number of allylic oxidation sites excluding steroid dienone is 4. The van der Waals surface area contributed by atoms with Crippen LogP contribution in [0.4, 0.5) is 0 Å². The first-order valence-corrected chi connectivity index (χ1v) is 12.8. The monoisotopic (exact) mass is 436 g/mol. The van der Waals surface area contributed by atoms with Gasteiger partial charge in [-0.2, -0.15) is 0 Å². The van der Waals surface area contributed by atoms with E-state index >= 15 is 0 Å². The molecule has 0 aromatic carbocycles. The minimum Gasteiger partial charge on any atom is -0.465 e. The Kier molecular flexibility index (Phi) is 21.9. The quantitative estimate of drug-likeness (QED) is 0.0800. The average molecular weight is 437 g/mol. The molecule has 0 bridgehead atoms. The molecular formula is C27H48O4. The van der Waals surface area contributed by atoms with E-state index in [-0.39, 0.29) is 0 Å². The second-order valence-corrected chi connectivity index (χ2v) is 8.14. The van der Waals surface area contributed by atoms with E-state index in [2.05, 4.69) is 31.2 Å². The Morgan fingerprint density at radius 2 is 1.06 bits per heavy atom. The van der Waals surface area contributed by atoms with E-state index in [1.807, 2.05) is 0 Å². The molecule has 0 aromatic heterocycles. The minimum atomic E-state index is -0.760. The molecule has 31 heavy (non-hydrogen) atoms. The summed E-state index contributed by atoms with van der Waals surface area (Å²) in [6.45, 7) is 6.34. The fraction of sp³-hybridized carbons (Fsp3) is 0.778. The number of rotatable bonds is 21. The van der Waals surface area contributed by atoms with Crippen molar-refractivity contribution in [1.29, 1.82) is 0 Å². The highest BCUT2D eigenvalue weighted by molar-refractivity contribution is 5.94. The zero-order chi connectivity index (χ0) is 23.0. The summed E-state index contributed by atoms with van der Waals surface area (Å²) in [4.78, 5) is 23.9. The minimum absolute atomic E-state index is 0.292. The van der Waals surface area contributed by atoms with E-state index in [4.69, 9.17) is 9.47 Å². The fourth-order valence-electron chi connectivity index (χ4n) is 3.51. The van der Waals surface area contributed by atoms with Crippen LogP contribution in [0.3, 0.4) is 0 Å². The molecule has 0 saturated carbocycles. The predicted molar refractivity (Wildman–Crippen MR) is 130 cm³/mol. The zero-order valence-electron chi connectivity index (χ0n) is 20.5. The van der Waals surface area contributed by atoms with Crippen molar-refractivity contribution < 1.29 is 19.1 Å². The zero-order valence-corrected chi connectivity index (χ0v) is 20.5. The van der Waals surface area contributed by atoms with Crippen molar-refractivity contribution >= 4 is 11.9 Å². The molecule has 0 aliphatic heterocycles. The van der Waals surface area contributed by atoms with Gasteiger partial charge < -0.3 is 9.47 Å². The van der Waals surface area contributed by atoms with Crippen LogP contribution in [0.2, 0.25) is 0 Å². The van der Waals surface area contributed by atoms with E-state index in [0.717, 1.165) is 25.7 Å². The molecule has 180 valence electrons. The van der Waals surface area contributed by atoms with Crippen molar-refractivity contribution in [3.8, 4) is 0 Å². The molecule has 0 aromatic rings. The molecule has 0 spiro atoms. The largest absolute Gasteiger partial charge is 0.465 e. The molecule has 0 radical (unpaired) electrons. The van der Waals surface area contributed by atoms with E-state index in [1.165, 1.54) is 64.2 Å². The van der Waals surface area contributed by atoms with Crippen LogP contribution >= 0.6 is 0 Å². The Labute approximate surface area is 191 Å². The van der Waals surface area contributed by atoms with Crippen LogP contribution in [0, 0.1) is 5.92 Å². The van der Waals surface area contributed by atoms with E-state index in [9.17, 15) is 9.59 Å². The van der Waals surface area contributed by atoms with Gasteiger partial charge in [0.1, 0.15) is 0 Å². The number of unbranched alkanes of at least 4 members (excludes halogenated alkanes) is 11. The number of carbonyl (C=O) groups is 2. The van der Waals surface area contributed by atoms with Gasteiger partial charge >= 0.3 is 11.9 Å². The first kappa shape index (κ1) is 29.4. The van der Waals surface area contributed by atoms with Gasteiger partial charge in [-0.15, -0.1) is 0 Å². The number of esters is 2. The van der Waals surface area contributed by atoms with Gasteiger partial charge in [-0.05, 0) is 52.4 Å². The van der Waals surface area contributed by atoms with Crippen LogP contribution < -0.4 is 0 Å². The molecule has 0 unspecified atom stereocenters. The van der Waals surface area contributed by atoms with Crippen LogP contribution in [0.25, 0.3) is 0 Å². The summed E-state index contributed by atoms with van der Waals surface area (Å²) in [7, 11) is 0. The molecule has 0 aliphatic rings. The standard InChI is InChI=1S/C27H48O4/c1-4-7-8-9-10-11-12-13-14-15-16-17-18-19-20-21-22-23-24-25(26(28)30-5-2)27(29)31-6-3/h10-11,13-14,25H,4-9,12,15-24H2,1-3H3. The first-order chi connectivity index (χ1) is 15.2. The molecule has 0 heterocycles. The van der Waals surface area contributed by atoms with Gasteiger partial charge in [0.05, 0.1) is 13.2 Å². The van der Waals surface area contributed by atoms with Crippen LogP contribution in [-0.4, -0.2) is 25.2 Å². The van der Waals surface area contributed by atoms with E-state index < -0.39 is 17.9 Å². The maximum atomic E-state index is 11.9. The molecule has 0 rings (SSSR count). The summed E-state index contributed by atoms with van der Waals surface area (Å²) in [6, 6.07) is 0. The molecule has 0 saturated heterocycles. The predicted octanol–water partition coefficient (Wildman–Crippen LogP) is 7.71. The van der Waals surface area contributed by atoms with Gasteiger partial charge in [0, 0.05) is 0 Å². The normalized spacial score (nSPS) is 11.6. The molecule has 0 fully saturated rings. The summed E-state index contributed by atoms with van der Waals surface area (Å²) in [5, 5.41) is 0. The van der Waals surface area contributed by atoms with E-state index in [1.54, 1.807) is 13.8 Å². The van der Waals surface area contributed by atoms with Gasteiger partial charge in [0.25, 0.3) is 0 Å². The van der Waals surface area contributed by atoms with Crippen molar-refractivity contribution in [2.75, 3.05) is 13.2 Å². The number of ether oxygens (including phenoxy) is 2. The second kappa shape index (κ2) is 23.1. The molecular weight excluding hydrogens is 388 g/mol. The summed E-state index contributed by atoms with van der Waals surface area (Å²) in [6.07, 6.45) is 26.6. The molecule has 4 nitrogen and oxygen atoms in total. The fourth-order valence-corrected chi connectivity index (χ4v) is 3.51. The third kappa shape index (κ3) is 18.9. The second-order valence-electron chi connectivity index (χ2n) is 8.14. The van der Waals surface area contributed by atoms with Gasteiger partial charge in [0.2, 0.25) is 0 Å². The summed E-state index contributed by atoms with van der Waals surface area (Å²) in [5.74, 6) is -1.65. The van der Waals surface area contributed by atoms with Crippen molar-refractivity contribution in [3.63, 3.8) is 0 Å². The van der Waals surface area contributed by atoms with Crippen molar-refractivity contribution in [2.24, 2.45) is 5.92 Å². The maximum absolute atomic E-state index is 11.9. The summed E-state index contributed by atoms with van der Waals surface area (Å²) in [5.41, 5.74) is 0. The maximum Gasteiger partial charge on any atom is 0.320 e. The van der Waals surface area contributed by atoms with Gasteiger partial charge in [-0.25, -0.2) is 0 Å². The third-order valence-electron chi connectivity index (χ3n) is 5.34. The first-order valence-electron chi connectivity index (χ1n) is 12.8. The van der Waals surface area contributed by atoms with Gasteiger partial charge in [0.15, 0.2) is 5.92 Å². The Bertz CT molecular complexity index is 464. The van der Waals surface area contributed by atoms with Crippen LogP contribution in [0.1, 0.15) is 117 Å². The molecule has 4 heteroatoms. The number of hydrogen-bond donors (Lipinski definition) is 0. The Balaban J connectivity index is 3.60. The Morgan fingerprint density at radius 1 is 0.613 bits per heavy atom. The third-order valence-corrected chi connectivity index (χ3v) is 5.34. The molecule has 0 atom stereocenters. The van der Waals surface area contributed by atoms with Crippen molar-refractivity contribution in [3.05, 3.63) is 24.3 Å².